The zero-order chi connectivity index (χ0) is 26.7. The summed E-state index contributed by atoms with van der Waals surface area (Å²) in [4.78, 5) is 11.6. The summed E-state index contributed by atoms with van der Waals surface area (Å²) in [6, 6.07) is 15.7. The zero-order valence-corrected chi connectivity index (χ0v) is 22.5. The number of nitrogens with zero attached hydrogens (tertiary/aromatic N) is 4. The molecule has 8 heteroatoms. The number of benzene rings is 2. The minimum absolute atomic E-state index is 0.0727. The smallest absolute Gasteiger partial charge is 0.161 e. The number of rotatable bonds is 12. The van der Waals surface area contributed by atoms with Gasteiger partial charge in [-0.3, -0.25) is 0 Å². The Morgan fingerprint density at radius 1 is 1.03 bits per heavy atom. The molecule has 0 aliphatic carbocycles. The first-order valence-corrected chi connectivity index (χ1v) is 13.3. The molecule has 0 radical (unpaired) electrons. The van der Waals surface area contributed by atoms with Gasteiger partial charge in [0.15, 0.2) is 11.5 Å². The average Bonchev–Trinajstić information content (AvgIpc) is 2.96. The normalized spacial score (nSPS) is 13.8. The third kappa shape index (κ3) is 7.21. The molecule has 1 aliphatic heterocycles. The molecular weight excluding hydrogens is 480 g/mol. The Labute approximate surface area is 225 Å². The molecular formula is C30H36N4O4. The highest BCUT2D eigenvalue weighted by Crippen LogP contribution is 2.30. The second-order valence-corrected chi connectivity index (χ2v) is 9.15. The van der Waals surface area contributed by atoms with E-state index in [0.29, 0.717) is 49.1 Å². The van der Waals surface area contributed by atoms with E-state index in [-0.39, 0.29) is 6.10 Å². The third-order valence-corrected chi connectivity index (χ3v) is 6.71. The number of aromatic nitrogens is 2. The van der Waals surface area contributed by atoms with E-state index in [9.17, 15) is 5.26 Å². The van der Waals surface area contributed by atoms with E-state index in [1.54, 1.807) is 13.3 Å². The van der Waals surface area contributed by atoms with Crippen LogP contribution in [0, 0.1) is 11.3 Å². The molecule has 1 saturated heterocycles. The van der Waals surface area contributed by atoms with Crippen LogP contribution in [0.3, 0.4) is 0 Å². The molecule has 1 aliphatic rings. The Morgan fingerprint density at radius 2 is 1.82 bits per heavy atom. The number of hydrogen-bond donors (Lipinski definition) is 0. The lowest BCUT2D eigenvalue weighted by molar-refractivity contribution is 0.0254. The quantitative estimate of drug-likeness (QED) is 0.336. The van der Waals surface area contributed by atoms with Gasteiger partial charge < -0.3 is 23.8 Å². The Balaban J connectivity index is 1.45. The van der Waals surface area contributed by atoms with Crippen molar-refractivity contribution in [2.24, 2.45) is 0 Å². The van der Waals surface area contributed by atoms with E-state index in [1.807, 2.05) is 42.5 Å². The predicted octanol–water partition coefficient (Wildman–Crippen LogP) is 4.89. The molecule has 0 spiro atoms. The molecule has 0 atom stereocenters. The van der Waals surface area contributed by atoms with Gasteiger partial charge >= 0.3 is 0 Å². The van der Waals surface area contributed by atoms with Gasteiger partial charge in [-0.25, -0.2) is 9.97 Å². The fourth-order valence-electron chi connectivity index (χ4n) is 4.45. The Bertz CT molecular complexity index is 1230. The van der Waals surface area contributed by atoms with Gasteiger partial charge in [-0.2, -0.15) is 5.26 Å². The summed E-state index contributed by atoms with van der Waals surface area (Å²) in [5.74, 6) is 2.70. The molecule has 3 aromatic rings. The van der Waals surface area contributed by atoms with Gasteiger partial charge in [-0.15, -0.1) is 0 Å². The molecule has 0 bridgehead atoms. The fourth-order valence-corrected chi connectivity index (χ4v) is 4.45. The summed E-state index contributed by atoms with van der Waals surface area (Å²) in [6.45, 7) is 9.15. The first-order chi connectivity index (χ1) is 18.6. The molecule has 0 amide bonds. The molecule has 200 valence electrons. The second kappa shape index (κ2) is 13.8. The van der Waals surface area contributed by atoms with Gasteiger partial charge in [0.25, 0.3) is 0 Å². The van der Waals surface area contributed by atoms with Crippen LogP contribution in [0.5, 0.6) is 17.2 Å². The molecule has 2 aromatic carbocycles. The monoisotopic (exact) mass is 516 g/mol. The van der Waals surface area contributed by atoms with Crippen LogP contribution in [0.4, 0.5) is 0 Å². The molecule has 0 unspecified atom stereocenters. The van der Waals surface area contributed by atoms with Gasteiger partial charge in [0.1, 0.15) is 30.4 Å². The first-order valence-electron chi connectivity index (χ1n) is 13.3. The summed E-state index contributed by atoms with van der Waals surface area (Å²) in [5.41, 5.74) is 3.12. The molecule has 4 rings (SSSR count). The highest BCUT2D eigenvalue weighted by Gasteiger charge is 2.18. The number of hydrogen-bond acceptors (Lipinski definition) is 8. The summed E-state index contributed by atoms with van der Waals surface area (Å²) in [5, 5.41) is 9.73. The predicted molar refractivity (Wildman–Crippen MR) is 146 cm³/mol. The van der Waals surface area contributed by atoms with E-state index in [4.69, 9.17) is 23.9 Å². The standard InChI is InChI=1S/C30H36N4O4/c1-4-34(5-2)14-17-37-28-8-6-22(18-29(28)35-3)19-30-32-13-10-26(33-30)23-7-9-27(24(20-23)21-31)38-25-11-15-36-16-12-25/h6-10,13,18,20,25H,4-5,11-12,14-17,19H2,1-3H3. The highest BCUT2D eigenvalue weighted by molar-refractivity contribution is 5.64. The van der Waals surface area contributed by atoms with Crippen LogP contribution >= 0.6 is 0 Å². The Kier molecular flexibility index (Phi) is 9.90. The summed E-state index contributed by atoms with van der Waals surface area (Å²) >= 11 is 0. The Morgan fingerprint density at radius 3 is 2.55 bits per heavy atom. The maximum Gasteiger partial charge on any atom is 0.161 e. The van der Waals surface area contributed by atoms with Crippen LogP contribution in [0.15, 0.2) is 48.7 Å². The first kappa shape index (κ1) is 27.4. The number of nitriles is 1. The van der Waals surface area contributed by atoms with Crippen LogP contribution in [-0.2, 0) is 11.2 Å². The molecule has 1 aromatic heterocycles. The van der Waals surface area contributed by atoms with Crippen molar-refractivity contribution in [3.8, 4) is 34.6 Å². The third-order valence-electron chi connectivity index (χ3n) is 6.71. The van der Waals surface area contributed by atoms with Crippen molar-refractivity contribution in [3.63, 3.8) is 0 Å². The lowest BCUT2D eigenvalue weighted by Gasteiger charge is -2.23. The minimum atomic E-state index is 0.0727. The molecule has 2 heterocycles. The molecule has 1 fully saturated rings. The van der Waals surface area contributed by atoms with E-state index in [0.717, 1.165) is 55.0 Å². The zero-order valence-electron chi connectivity index (χ0n) is 22.5. The van der Waals surface area contributed by atoms with Crippen molar-refractivity contribution in [2.75, 3.05) is 46.6 Å². The van der Waals surface area contributed by atoms with Gasteiger partial charge in [-0.05, 0) is 55.1 Å². The second-order valence-electron chi connectivity index (χ2n) is 9.15. The van der Waals surface area contributed by atoms with Crippen LogP contribution in [0.1, 0.15) is 43.6 Å². The van der Waals surface area contributed by atoms with Crippen LogP contribution in [0.2, 0.25) is 0 Å². The van der Waals surface area contributed by atoms with Crippen LogP contribution < -0.4 is 14.2 Å². The van der Waals surface area contributed by atoms with Crippen molar-refractivity contribution in [2.45, 2.75) is 39.2 Å². The molecule has 0 saturated carbocycles. The topological polar surface area (TPSA) is 89.7 Å². The Hall–Kier alpha value is -3.67. The van der Waals surface area contributed by atoms with Crippen molar-refractivity contribution in [1.82, 2.24) is 14.9 Å². The lowest BCUT2D eigenvalue weighted by Crippen LogP contribution is -2.27. The van der Waals surface area contributed by atoms with Gasteiger partial charge in [0, 0.05) is 37.6 Å². The van der Waals surface area contributed by atoms with Crippen molar-refractivity contribution >= 4 is 0 Å². The summed E-state index contributed by atoms with van der Waals surface area (Å²) in [7, 11) is 1.65. The minimum Gasteiger partial charge on any atom is -0.493 e. The largest absolute Gasteiger partial charge is 0.493 e. The van der Waals surface area contributed by atoms with E-state index >= 15 is 0 Å². The van der Waals surface area contributed by atoms with Gasteiger partial charge in [0.05, 0.1) is 31.6 Å². The van der Waals surface area contributed by atoms with E-state index in [2.05, 4.69) is 29.8 Å². The van der Waals surface area contributed by atoms with Gasteiger partial charge in [-0.1, -0.05) is 19.9 Å². The maximum absolute atomic E-state index is 9.73. The molecule has 38 heavy (non-hydrogen) atoms. The van der Waals surface area contributed by atoms with Gasteiger partial charge in [0.2, 0.25) is 0 Å². The van der Waals surface area contributed by atoms with E-state index in [1.165, 1.54) is 0 Å². The highest BCUT2D eigenvalue weighted by atomic mass is 16.5. The average molecular weight is 517 g/mol. The number of likely N-dealkylation sites (N-methyl/N-ethyl adjacent to an activating group) is 1. The van der Waals surface area contributed by atoms with Crippen molar-refractivity contribution < 1.29 is 18.9 Å². The number of ether oxygens (including phenoxy) is 4. The SMILES string of the molecule is CCN(CC)CCOc1ccc(Cc2nccc(-c3ccc(OC4CCOCC4)c(C#N)c3)n2)cc1OC. The maximum atomic E-state index is 9.73. The summed E-state index contributed by atoms with van der Waals surface area (Å²) in [6.07, 6.45) is 4.02. The summed E-state index contributed by atoms with van der Waals surface area (Å²) < 4.78 is 23.1. The van der Waals surface area contributed by atoms with Crippen molar-refractivity contribution in [1.29, 1.82) is 5.26 Å². The number of methoxy groups -OCH3 is 1. The molecule has 0 N–H and O–H groups in total. The van der Waals surface area contributed by atoms with E-state index < -0.39 is 0 Å². The fraction of sp³-hybridized carbons (Fsp3) is 0.433. The van der Waals surface area contributed by atoms with Crippen LogP contribution in [-0.4, -0.2) is 67.5 Å². The van der Waals surface area contributed by atoms with Crippen LogP contribution in [0.25, 0.3) is 11.3 Å². The molecule has 8 nitrogen and oxygen atoms in total. The van der Waals surface area contributed by atoms with Crippen molar-refractivity contribution in [3.05, 3.63) is 65.6 Å². The lowest BCUT2D eigenvalue weighted by atomic mass is 10.1.